The lowest BCUT2D eigenvalue weighted by atomic mass is 9.90. The average Bonchev–Trinajstić information content (AvgIpc) is 2.76. The molecule has 6 nitrogen and oxygen atoms in total. The fourth-order valence-corrected chi connectivity index (χ4v) is 3.94. The molecule has 6 heteroatoms. The van der Waals surface area contributed by atoms with Gasteiger partial charge in [-0.25, -0.2) is 9.97 Å². The van der Waals surface area contributed by atoms with Crippen LogP contribution in [0, 0.1) is 12.1 Å². The van der Waals surface area contributed by atoms with Gasteiger partial charge in [-0.15, -0.1) is 0 Å². The van der Waals surface area contributed by atoms with Crippen LogP contribution in [0.15, 0.2) is 61.1 Å². The van der Waals surface area contributed by atoms with Crippen molar-refractivity contribution in [3.05, 3.63) is 94.5 Å². The molecule has 3 heterocycles. The van der Waals surface area contributed by atoms with Crippen LogP contribution in [0.1, 0.15) is 51.8 Å². The summed E-state index contributed by atoms with van der Waals surface area (Å²) in [6.07, 6.45) is 7.36. The van der Waals surface area contributed by atoms with Crippen LogP contribution in [0.5, 0.6) is 0 Å². The van der Waals surface area contributed by atoms with E-state index < -0.39 is 0 Å². The second kappa shape index (κ2) is 8.39. The van der Waals surface area contributed by atoms with Crippen molar-refractivity contribution in [2.75, 3.05) is 13.1 Å². The van der Waals surface area contributed by atoms with Gasteiger partial charge >= 0.3 is 0 Å². The highest BCUT2D eigenvalue weighted by atomic mass is 16.5. The smallest absolute Gasteiger partial charge is 0.254 e. The number of aromatic nitrogens is 3. The third-order valence-corrected chi connectivity index (χ3v) is 5.40. The van der Waals surface area contributed by atoms with Crippen LogP contribution in [0.4, 0.5) is 0 Å². The lowest BCUT2D eigenvalue weighted by Crippen LogP contribution is -2.40. The van der Waals surface area contributed by atoms with Gasteiger partial charge in [0.1, 0.15) is 5.82 Å². The molecule has 29 heavy (non-hydrogen) atoms. The highest BCUT2D eigenvalue weighted by molar-refractivity contribution is 5.94. The predicted octanol–water partition coefficient (Wildman–Crippen LogP) is 3.03. The van der Waals surface area contributed by atoms with Crippen LogP contribution in [-0.4, -0.2) is 33.9 Å². The monoisotopic (exact) mass is 388 g/mol. The second-order valence-corrected chi connectivity index (χ2v) is 7.53. The van der Waals surface area contributed by atoms with Gasteiger partial charge in [0.05, 0.1) is 11.3 Å². The molecule has 1 fully saturated rings. The Kier molecular flexibility index (Phi) is 5.51. The highest BCUT2D eigenvalue weighted by Gasteiger charge is 2.28. The summed E-state index contributed by atoms with van der Waals surface area (Å²) in [5, 5.41) is 11.3. The summed E-state index contributed by atoms with van der Waals surface area (Å²) in [4.78, 5) is 24.0. The molecular weight excluding hydrogens is 364 g/mol. The van der Waals surface area contributed by atoms with Crippen molar-refractivity contribution in [1.29, 1.82) is 0 Å². The number of carbonyl (C=O) groups excluding carboxylic acids is 1. The van der Waals surface area contributed by atoms with E-state index in [1.165, 1.54) is 18.0 Å². The Morgan fingerprint density at radius 3 is 2.72 bits per heavy atom. The molecule has 1 aliphatic heterocycles. The predicted molar refractivity (Wildman–Crippen MR) is 109 cm³/mol. The molecule has 0 saturated carbocycles. The zero-order valence-electron chi connectivity index (χ0n) is 16.5. The number of nitrogens with zero attached hydrogens (tertiary/aromatic N) is 4. The van der Waals surface area contributed by atoms with E-state index in [1.54, 1.807) is 12.1 Å². The van der Waals surface area contributed by atoms with E-state index in [0.717, 1.165) is 42.9 Å². The second-order valence-electron chi connectivity index (χ2n) is 7.53. The summed E-state index contributed by atoms with van der Waals surface area (Å²) >= 11 is 0. The van der Waals surface area contributed by atoms with Crippen LogP contribution in [0.3, 0.4) is 0 Å². The number of amides is 1. The van der Waals surface area contributed by atoms with Crippen LogP contribution in [-0.2, 0) is 6.42 Å². The number of aryl methyl sites for hydroxylation is 1. The van der Waals surface area contributed by atoms with E-state index in [9.17, 15) is 10.0 Å². The van der Waals surface area contributed by atoms with Crippen LogP contribution >= 0.6 is 0 Å². The number of pyridine rings is 1. The minimum atomic E-state index is -0.0364. The first kappa shape index (κ1) is 19.1. The van der Waals surface area contributed by atoms with Crippen molar-refractivity contribution in [2.45, 2.75) is 32.1 Å². The summed E-state index contributed by atoms with van der Waals surface area (Å²) in [6.45, 7) is 3.26. The molecule has 1 saturated heterocycles. The van der Waals surface area contributed by atoms with E-state index in [0.29, 0.717) is 16.8 Å². The maximum atomic E-state index is 12.9. The molecule has 3 aromatic rings. The fourth-order valence-electron chi connectivity index (χ4n) is 3.94. The van der Waals surface area contributed by atoms with Crippen molar-refractivity contribution in [1.82, 2.24) is 14.9 Å². The Hall–Kier alpha value is -3.28. The molecule has 0 radical (unpaired) electrons. The van der Waals surface area contributed by atoms with Gasteiger partial charge in [0.15, 0.2) is 12.4 Å². The van der Waals surface area contributed by atoms with Gasteiger partial charge < -0.3 is 10.1 Å². The molecule has 148 valence electrons. The number of piperidine rings is 1. The summed E-state index contributed by atoms with van der Waals surface area (Å²) < 4.78 is 0.690. The average molecular weight is 388 g/mol. The third kappa shape index (κ3) is 4.42. The van der Waals surface area contributed by atoms with Crippen LogP contribution in [0.2, 0.25) is 0 Å². The first-order valence-electron chi connectivity index (χ1n) is 9.94. The Morgan fingerprint density at radius 2 is 1.97 bits per heavy atom. The van der Waals surface area contributed by atoms with Gasteiger partial charge in [-0.3, -0.25) is 4.79 Å². The van der Waals surface area contributed by atoms with Crippen molar-refractivity contribution >= 4 is 5.91 Å². The van der Waals surface area contributed by atoms with E-state index in [2.05, 4.69) is 17.1 Å². The summed E-state index contributed by atoms with van der Waals surface area (Å²) in [5.41, 5.74) is 3.93. The lowest BCUT2D eigenvalue weighted by molar-refractivity contribution is -0.605. The summed E-state index contributed by atoms with van der Waals surface area (Å²) in [6, 6.07) is 13.5. The number of hydrogen-bond donors (Lipinski definition) is 0. The quantitative estimate of drug-likeness (QED) is 0.509. The van der Waals surface area contributed by atoms with Gasteiger partial charge in [-0.1, -0.05) is 30.3 Å². The Morgan fingerprint density at radius 1 is 1.21 bits per heavy atom. The summed E-state index contributed by atoms with van der Waals surface area (Å²) in [7, 11) is 0. The highest BCUT2D eigenvalue weighted by Crippen LogP contribution is 2.29. The molecular formula is C23H24N4O2. The third-order valence-electron chi connectivity index (χ3n) is 5.40. The molecule has 0 N–H and O–H groups in total. The van der Waals surface area contributed by atoms with E-state index in [4.69, 9.17) is 4.98 Å². The summed E-state index contributed by atoms with van der Waals surface area (Å²) in [5.74, 6) is 0.898. The number of rotatable bonds is 4. The van der Waals surface area contributed by atoms with Gasteiger partial charge in [-0.05, 0) is 30.9 Å². The molecule has 1 atom stereocenters. The minimum Gasteiger partial charge on any atom is -0.619 e. The Balaban J connectivity index is 1.57. The SMILES string of the molecule is Cc1ncc(Cc2ccccc2)c([C@H]2CCCN(C(=O)c3cc[n+]([O-])cc3)C2)n1. The van der Waals surface area contributed by atoms with E-state index in [-0.39, 0.29) is 11.8 Å². The van der Waals surface area contributed by atoms with Crippen molar-refractivity contribution in [3.8, 4) is 0 Å². The van der Waals surface area contributed by atoms with Crippen molar-refractivity contribution < 1.29 is 9.52 Å². The first-order valence-corrected chi connectivity index (χ1v) is 9.94. The van der Waals surface area contributed by atoms with Crippen molar-refractivity contribution in [3.63, 3.8) is 0 Å². The largest absolute Gasteiger partial charge is 0.619 e. The molecule has 0 bridgehead atoms. The molecule has 0 spiro atoms. The zero-order valence-corrected chi connectivity index (χ0v) is 16.5. The van der Waals surface area contributed by atoms with Crippen LogP contribution in [0.25, 0.3) is 0 Å². The standard InChI is InChI=1S/C23H24N4O2/c1-17-24-15-21(14-18-6-3-2-4-7-18)22(25-17)20-8-5-11-26(16-20)23(28)19-9-12-27(29)13-10-19/h2-4,6-7,9-10,12-13,15,20H,5,8,11,14,16H2,1H3/t20-/m0/s1. The molecule has 0 aliphatic carbocycles. The van der Waals surface area contributed by atoms with Gasteiger partial charge in [-0.2, -0.15) is 4.73 Å². The topological polar surface area (TPSA) is 73.0 Å². The minimum absolute atomic E-state index is 0.0364. The molecule has 1 aliphatic rings. The van der Waals surface area contributed by atoms with Gasteiger partial charge in [0.25, 0.3) is 5.91 Å². The normalized spacial score (nSPS) is 16.6. The zero-order chi connectivity index (χ0) is 20.2. The van der Waals surface area contributed by atoms with E-state index in [1.807, 2.05) is 36.2 Å². The van der Waals surface area contributed by atoms with Gasteiger partial charge in [0, 0.05) is 43.8 Å². The molecule has 4 rings (SSSR count). The Bertz CT molecular complexity index is 990. The van der Waals surface area contributed by atoms with E-state index >= 15 is 0 Å². The molecule has 0 unspecified atom stereocenters. The maximum Gasteiger partial charge on any atom is 0.254 e. The lowest BCUT2D eigenvalue weighted by Gasteiger charge is -2.33. The van der Waals surface area contributed by atoms with Crippen LogP contribution < -0.4 is 4.73 Å². The van der Waals surface area contributed by atoms with Gasteiger partial charge in [0.2, 0.25) is 0 Å². The molecule has 2 aromatic heterocycles. The molecule has 1 amide bonds. The Labute approximate surface area is 170 Å². The number of carbonyl (C=O) groups is 1. The number of benzene rings is 1. The number of hydrogen-bond acceptors (Lipinski definition) is 4. The maximum absolute atomic E-state index is 12.9. The molecule has 1 aromatic carbocycles. The number of likely N-dealkylation sites (tertiary alicyclic amines) is 1. The first-order chi connectivity index (χ1) is 14.1. The fraction of sp³-hybridized carbons (Fsp3) is 0.304. The van der Waals surface area contributed by atoms with Crippen molar-refractivity contribution in [2.24, 2.45) is 0 Å².